The molecule has 3 aliphatic rings. The molecule has 0 spiro atoms. The summed E-state index contributed by atoms with van der Waals surface area (Å²) in [7, 11) is 0. The van der Waals surface area contributed by atoms with Gasteiger partial charge in [0.15, 0.2) is 6.04 Å². The SMILES string of the molecule is CC.O=C(O)C1COCN1C(=O)c1cc(C2CC2)c(OCC2CCN(Cc3cc(C(F)(F)F)cc(Cl)c3F)CC2)cc1F. The second kappa shape index (κ2) is 13.8. The molecule has 7 nitrogen and oxygen atoms in total. The first-order chi connectivity index (χ1) is 20.4. The third-order valence-electron chi connectivity index (χ3n) is 7.78. The fourth-order valence-electron chi connectivity index (χ4n) is 5.26. The molecular weight excluding hydrogens is 599 g/mol. The van der Waals surface area contributed by atoms with E-state index >= 15 is 4.39 Å². The van der Waals surface area contributed by atoms with E-state index in [4.69, 9.17) is 21.1 Å². The number of carbonyl (C=O) groups is 2. The monoisotopic (exact) mass is 632 g/mol. The lowest BCUT2D eigenvalue weighted by molar-refractivity contribution is -0.141. The highest BCUT2D eigenvalue weighted by atomic mass is 35.5. The van der Waals surface area contributed by atoms with E-state index in [0.717, 1.165) is 23.8 Å². The number of carboxylic acid groups (broad SMARTS) is 1. The van der Waals surface area contributed by atoms with Gasteiger partial charge in [-0.15, -0.1) is 0 Å². The van der Waals surface area contributed by atoms with Gasteiger partial charge < -0.3 is 14.6 Å². The second-order valence-corrected chi connectivity index (χ2v) is 11.1. The third-order valence-corrected chi connectivity index (χ3v) is 8.06. The van der Waals surface area contributed by atoms with Crippen molar-refractivity contribution in [1.82, 2.24) is 9.80 Å². The van der Waals surface area contributed by atoms with Gasteiger partial charge in [-0.25, -0.2) is 13.6 Å². The van der Waals surface area contributed by atoms with Gasteiger partial charge in [-0.2, -0.15) is 13.2 Å². The molecule has 13 heteroatoms. The van der Waals surface area contributed by atoms with Crippen LogP contribution in [-0.2, 0) is 22.3 Å². The van der Waals surface area contributed by atoms with Gasteiger partial charge in [0.2, 0.25) is 0 Å². The van der Waals surface area contributed by atoms with Crippen molar-refractivity contribution in [3.05, 3.63) is 63.2 Å². The minimum Gasteiger partial charge on any atom is -0.493 e. The summed E-state index contributed by atoms with van der Waals surface area (Å²) in [5.41, 5.74) is -0.653. The van der Waals surface area contributed by atoms with Crippen molar-refractivity contribution >= 4 is 23.5 Å². The van der Waals surface area contributed by atoms with Crippen LogP contribution in [0.5, 0.6) is 5.75 Å². The fraction of sp³-hybridized carbons (Fsp3) is 0.533. The van der Waals surface area contributed by atoms with Crippen LogP contribution >= 0.6 is 11.6 Å². The first kappa shape index (κ1) is 32.9. The van der Waals surface area contributed by atoms with Crippen LogP contribution in [0.1, 0.15) is 72.5 Å². The number of alkyl halides is 3. The summed E-state index contributed by atoms with van der Waals surface area (Å²) in [5.74, 6) is -3.15. The molecule has 0 bridgehead atoms. The van der Waals surface area contributed by atoms with E-state index in [2.05, 4.69) is 0 Å². The zero-order chi connectivity index (χ0) is 31.5. The van der Waals surface area contributed by atoms with Crippen LogP contribution in [0, 0.1) is 17.6 Å². The maximum atomic E-state index is 15.1. The number of nitrogens with zero attached hydrogens (tertiary/aromatic N) is 2. The van der Waals surface area contributed by atoms with E-state index in [1.165, 1.54) is 12.1 Å². The smallest absolute Gasteiger partial charge is 0.416 e. The van der Waals surface area contributed by atoms with Crippen LogP contribution in [0.2, 0.25) is 5.02 Å². The van der Waals surface area contributed by atoms with Crippen LogP contribution < -0.4 is 4.74 Å². The van der Waals surface area contributed by atoms with Gasteiger partial charge in [0.05, 0.1) is 29.4 Å². The number of halogens is 6. The zero-order valence-electron chi connectivity index (χ0n) is 23.9. The van der Waals surface area contributed by atoms with E-state index in [1.54, 1.807) is 0 Å². The van der Waals surface area contributed by atoms with E-state index < -0.39 is 46.3 Å². The number of piperidine rings is 1. The van der Waals surface area contributed by atoms with Crippen molar-refractivity contribution < 1.29 is 46.1 Å². The average molecular weight is 633 g/mol. The summed E-state index contributed by atoms with van der Waals surface area (Å²) in [4.78, 5) is 27.3. The van der Waals surface area contributed by atoms with Crippen molar-refractivity contribution in [2.24, 2.45) is 5.92 Å². The third kappa shape index (κ3) is 7.77. The van der Waals surface area contributed by atoms with Gasteiger partial charge >= 0.3 is 12.1 Å². The number of rotatable bonds is 8. The lowest BCUT2D eigenvalue weighted by Crippen LogP contribution is -2.42. The van der Waals surface area contributed by atoms with E-state index in [1.807, 2.05) is 18.7 Å². The van der Waals surface area contributed by atoms with E-state index in [-0.39, 0.29) is 49.5 Å². The molecule has 0 aromatic heterocycles. The van der Waals surface area contributed by atoms with Crippen LogP contribution in [0.4, 0.5) is 22.0 Å². The van der Waals surface area contributed by atoms with Gasteiger partial charge in [-0.05, 0) is 74.4 Å². The lowest BCUT2D eigenvalue weighted by Gasteiger charge is -2.32. The lowest BCUT2D eigenvalue weighted by atomic mass is 9.97. The standard InChI is InChI=1S/C28H28ClF5N2O5.C2H6/c29-21-8-18(28(32,33)34)7-17(25(21)31)11-35-5-3-15(4-6-35)12-41-24-10-22(30)20(9-19(24)16-1-2-16)26(37)36-14-40-13-23(36)27(38)39;1-2/h7-10,15-16,23H,1-6,11-14H2,(H,38,39);1-2H3. The highest BCUT2D eigenvalue weighted by Gasteiger charge is 2.38. The molecule has 2 aliphatic heterocycles. The molecule has 2 heterocycles. The quantitative estimate of drug-likeness (QED) is 0.326. The predicted molar refractivity (Wildman–Crippen MR) is 148 cm³/mol. The van der Waals surface area contributed by atoms with E-state index in [9.17, 15) is 32.3 Å². The highest BCUT2D eigenvalue weighted by Crippen LogP contribution is 2.45. The molecule has 2 saturated heterocycles. The summed E-state index contributed by atoms with van der Waals surface area (Å²) >= 11 is 5.71. The number of hydrogen-bond donors (Lipinski definition) is 1. The summed E-state index contributed by atoms with van der Waals surface area (Å²) in [6.07, 6.45) is -1.65. The Hall–Kier alpha value is -2.96. The number of hydrogen-bond acceptors (Lipinski definition) is 5. The number of carbonyl (C=O) groups excluding carboxylic acids is 1. The topological polar surface area (TPSA) is 79.3 Å². The maximum Gasteiger partial charge on any atom is 0.416 e. The Morgan fingerprint density at radius 1 is 1.07 bits per heavy atom. The molecule has 236 valence electrons. The van der Waals surface area contributed by atoms with Gasteiger partial charge in [0, 0.05) is 18.2 Å². The van der Waals surface area contributed by atoms with Gasteiger partial charge in [0.25, 0.3) is 5.91 Å². The van der Waals surface area contributed by atoms with Crippen molar-refractivity contribution in [1.29, 1.82) is 0 Å². The van der Waals surface area contributed by atoms with Crippen molar-refractivity contribution in [2.45, 2.75) is 64.2 Å². The van der Waals surface area contributed by atoms with Crippen LogP contribution in [0.3, 0.4) is 0 Å². The summed E-state index contributed by atoms with van der Waals surface area (Å²) in [5, 5.41) is 8.77. The molecule has 2 aromatic rings. The molecule has 5 rings (SSSR count). The minimum atomic E-state index is -4.63. The number of likely N-dealkylation sites (tertiary alicyclic amines) is 1. The predicted octanol–water partition coefficient (Wildman–Crippen LogP) is 6.71. The fourth-order valence-corrected chi connectivity index (χ4v) is 5.50. The number of carboxylic acids is 1. The first-order valence-electron chi connectivity index (χ1n) is 14.3. The summed E-state index contributed by atoms with van der Waals surface area (Å²) < 4.78 is 80.1. The Morgan fingerprint density at radius 3 is 2.35 bits per heavy atom. The highest BCUT2D eigenvalue weighted by molar-refractivity contribution is 6.30. The molecule has 1 aliphatic carbocycles. The molecule has 1 atom stereocenters. The van der Waals surface area contributed by atoms with Crippen molar-refractivity contribution in [2.75, 3.05) is 33.0 Å². The van der Waals surface area contributed by atoms with Crippen LogP contribution in [0.25, 0.3) is 0 Å². The Bertz CT molecular complexity index is 1330. The zero-order valence-corrected chi connectivity index (χ0v) is 24.6. The molecule has 1 amide bonds. The minimum absolute atomic E-state index is 0.0135. The molecule has 0 radical (unpaired) electrons. The number of aliphatic carboxylic acids is 1. The normalized spacial score (nSPS) is 19.6. The van der Waals surface area contributed by atoms with Crippen LogP contribution in [-0.4, -0.2) is 65.9 Å². The largest absolute Gasteiger partial charge is 0.493 e. The number of ether oxygens (including phenoxy) is 2. The van der Waals surface area contributed by atoms with Gasteiger partial charge in [-0.3, -0.25) is 14.6 Å². The Kier molecular flexibility index (Phi) is 10.6. The molecule has 3 fully saturated rings. The molecule has 1 unspecified atom stereocenters. The molecule has 1 saturated carbocycles. The maximum absolute atomic E-state index is 15.1. The molecule has 43 heavy (non-hydrogen) atoms. The molecule has 2 aromatic carbocycles. The average Bonchev–Trinajstić information content (AvgIpc) is 3.69. The van der Waals surface area contributed by atoms with Gasteiger partial charge in [-0.1, -0.05) is 25.4 Å². The summed E-state index contributed by atoms with van der Waals surface area (Å²) in [6, 6.07) is 2.80. The Morgan fingerprint density at radius 2 is 1.74 bits per heavy atom. The second-order valence-electron chi connectivity index (χ2n) is 10.7. The first-order valence-corrected chi connectivity index (χ1v) is 14.7. The van der Waals surface area contributed by atoms with Crippen molar-refractivity contribution in [3.8, 4) is 5.75 Å². The van der Waals surface area contributed by atoms with Gasteiger partial charge in [0.1, 0.15) is 24.1 Å². The molecule has 1 N–H and O–H groups in total. The Balaban J connectivity index is 0.00000207. The summed E-state index contributed by atoms with van der Waals surface area (Å²) in [6.45, 7) is 4.85. The van der Waals surface area contributed by atoms with E-state index in [0.29, 0.717) is 43.3 Å². The molecular formula is C30H34ClF5N2O5. The number of benzene rings is 2. The van der Waals surface area contributed by atoms with Crippen LogP contribution in [0.15, 0.2) is 24.3 Å². The van der Waals surface area contributed by atoms with Crippen molar-refractivity contribution in [3.63, 3.8) is 0 Å². The number of amides is 1. The Labute approximate surface area is 251 Å².